The Morgan fingerprint density at radius 3 is 2.47 bits per heavy atom. The maximum atomic E-state index is 4.66. The molecule has 0 amide bonds. The third-order valence-electron chi connectivity index (χ3n) is 3.03. The van der Waals surface area contributed by atoms with Crippen molar-refractivity contribution in [3.05, 3.63) is 36.2 Å². The van der Waals surface area contributed by atoms with Crippen molar-refractivity contribution in [2.45, 2.75) is 32.6 Å². The molecule has 15 heavy (non-hydrogen) atoms. The summed E-state index contributed by atoms with van der Waals surface area (Å²) >= 11 is 0. The van der Waals surface area contributed by atoms with Gasteiger partial charge in [-0.3, -0.25) is 4.98 Å². The number of benzene rings is 1. The molecule has 1 aromatic carbocycles. The summed E-state index contributed by atoms with van der Waals surface area (Å²) in [4.78, 5) is 9.09. The van der Waals surface area contributed by atoms with E-state index in [1.165, 1.54) is 0 Å². The first-order valence-corrected chi connectivity index (χ1v) is 5.36. The van der Waals surface area contributed by atoms with Gasteiger partial charge in [0.2, 0.25) is 0 Å². The molecule has 0 N–H and O–H groups in total. The molecule has 1 aromatic heterocycles. The van der Waals surface area contributed by atoms with Crippen molar-refractivity contribution in [3.8, 4) is 0 Å². The number of hydrogen-bond donors (Lipinski definition) is 0. The second kappa shape index (κ2) is 3.61. The lowest BCUT2D eigenvalue weighted by molar-refractivity contribution is 0.490. The zero-order valence-electron chi connectivity index (χ0n) is 9.49. The lowest BCUT2D eigenvalue weighted by atomic mass is 9.87. The first kappa shape index (κ1) is 10.1. The lowest BCUT2D eigenvalue weighted by Crippen LogP contribution is -2.17. The summed E-state index contributed by atoms with van der Waals surface area (Å²) in [5.41, 5.74) is 3.13. The van der Waals surface area contributed by atoms with Crippen molar-refractivity contribution >= 4 is 11.0 Å². The minimum Gasteiger partial charge on any atom is -0.253 e. The van der Waals surface area contributed by atoms with Gasteiger partial charge < -0.3 is 0 Å². The molecule has 0 saturated heterocycles. The number of rotatable bonds is 2. The van der Waals surface area contributed by atoms with Gasteiger partial charge in [0.05, 0.1) is 16.7 Å². The predicted molar refractivity (Wildman–Crippen MR) is 62.9 cm³/mol. The quantitative estimate of drug-likeness (QED) is 0.743. The maximum Gasteiger partial charge on any atom is 0.0890 e. The van der Waals surface area contributed by atoms with E-state index in [1.807, 2.05) is 30.5 Å². The van der Waals surface area contributed by atoms with Crippen LogP contribution in [0.4, 0.5) is 0 Å². The topological polar surface area (TPSA) is 25.8 Å². The summed E-state index contributed by atoms with van der Waals surface area (Å²) in [6.45, 7) is 6.58. The number of hydrogen-bond acceptors (Lipinski definition) is 2. The van der Waals surface area contributed by atoms with Gasteiger partial charge in [-0.05, 0) is 18.6 Å². The Morgan fingerprint density at radius 2 is 1.80 bits per heavy atom. The molecule has 0 saturated carbocycles. The molecule has 0 spiro atoms. The number of nitrogens with zero attached hydrogens (tertiary/aromatic N) is 2. The highest BCUT2D eigenvalue weighted by molar-refractivity contribution is 5.73. The van der Waals surface area contributed by atoms with E-state index < -0.39 is 0 Å². The summed E-state index contributed by atoms with van der Waals surface area (Å²) in [6.07, 6.45) is 2.96. The minimum atomic E-state index is 0.108. The van der Waals surface area contributed by atoms with Gasteiger partial charge in [0.1, 0.15) is 0 Å². The van der Waals surface area contributed by atoms with E-state index in [2.05, 4.69) is 30.7 Å². The van der Waals surface area contributed by atoms with E-state index in [-0.39, 0.29) is 5.41 Å². The van der Waals surface area contributed by atoms with Crippen molar-refractivity contribution in [2.24, 2.45) is 0 Å². The molecule has 2 heteroatoms. The van der Waals surface area contributed by atoms with Gasteiger partial charge in [-0.1, -0.05) is 32.9 Å². The van der Waals surface area contributed by atoms with Crippen LogP contribution in [-0.4, -0.2) is 9.97 Å². The summed E-state index contributed by atoms with van der Waals surface area (Å²) in [6, 6.07) is 7.99. The second-order valence-electron chi connectivity index (χ2n) is 4.48. The molecule has 78 valence electrons. The molecule has 0 bridgehead atoms. The van der Waals surface area contributed by atoms with E-state index in [0.29, 0.717) is 0 Å². The average Bonchev–Trinajstić information content (AvgIpc) is 2.28. The van der Waals surface area contributed by atoms with Gasteiger partial charge in [-0.2, -0.15) is 0 Å². The fraction of sp³-hybridized carbons (Fsp3) is 0.385. The highest BCUT2D eigenvalue weighted by atomic mass is 14.8. The Morgan fingerprint density at radius 1 is 1.13 bits per heavy atom. The Balaban J connectivity index is 2.56. The van der Waals surface area contributed by atoms with E-state index in [9.17, 15) is 0 Å². The first-order chi connectivity index (χ1) is 7.13. The molecule has 0 unspecified atom stereocenters. The molecule has 1 heterocycles. The van der Waals surface area contributed by atoms with Crippen molar-refractivity contribution in [1.82, 2.24) is 9.97 Å². The molecule has 2 nitrogen and oxygen atoms in total. The molecule has 0 fully saturated rings. The van der Waals surface area contributed by atoms with Crippen LogP contribution in [0.25, 0.3) is 11.0 Å². The van der Waals surface area contributed by atoms with E-state index in [4.69, 9.17) is 0 Å². The van der Waals surface area contributed by atoms with Crippen LogP contribution in [0.3, 0.4) is 0 Å². The zero-order valence-corrected chi connectivity index (χ0v) is 9.49. The smallest absolute Gasteiger partial charge is 0.0890 e. The fourth-order valence-electron chi connectivity index (χ4n) is 1.46. The van der Waals surface area contributed by atoms with Gasteiger partial charge in [0, 0.05) is 11.6 Å². The summed E-state index contributed by atoms with van der Waals surface area (Å²) in [7, 11) is 0. The normalized spacial score (nSPS) is 11.9. The molecule has 0 aliphatic carbocycles. The highest BCUT2D eigenvalue weighted by Crippen LogP contribution is 2.25. The van der Waals surface area contributed by atoms with Crippen molar-refractivity contribution in [3.63, 3.8) is 0 Å². The van der Waals surface area contributed by atoms with Gasteiger partial charge in [0.25, 0.3) is 0 Å². The van der Waals surface area contributed by atoms with Crippen LogP contribution in [0.1, 0.15) is 32.9 Å². The Labute approximate surface area is 90.4 Å². The molecular formula is C13H16N2. The lowest BCUT2D eigenvalue weighted by Gasteiger charge is -2.21. The largest absolute Gasteiger partial charge is 0.253 e. The third-order valence-corrected chi connectivity index (χ3v) is 3.03. The second-order valence-corrected chi connectivity index (χ2v) is 4.48. The van der Waals surface area contributed by atoms with Crippen LogP contribution < -0.4 is 0 Å². The van der Waals surface area contributed by atoms with Crippen LogP contribution in [0.15, 0.2) is 30.5 Å². The van der Waals surface area contributed by atoms with Crippen molar-refractivity contribution < 1.29 is 0 Å². The molecule has 2 rings (SSSR count). The fourth-order valence-corrected chi connectivity index (χ4v) is 1.46. The third kappa shape index (κ3) is 1.84. The number of para-hydroxylation sites is 2. The van der Waals surface area contributed by atoms with Gasteiger partial charge in [-0.25, -0.2) is 4.98 Å². The van der Waals surface area contributed by atoms with Crippen LogP contribution in [0.2, 0.25) is 0 Å². The summed E-state index contributed by atoms with van der Waals surface area (Å²) < 4.78 is 0. The van der Waals surface area contributed by atoms with Crippen LogP contribution in [-0.2, 0) is 5.41 Å². The first-order valence-electron chi connectivity index (χ1n) is 5.36. The summed E-state index contributed by atoms with van der Waals surface area (Å²) in [5.74, 6) is 0. The van der Waals surface area contributed by atoms with E-state index >= 15 is 0 Å². The molecule has 0 aliphatic rings. The zero-order chi connectivity index (χ0) is 10.9. The SMILES string of the molecule is CCC(C)(C)c1cnc2ccccc2n1. The predicted octanol–water partition coefficient (Wildman–Crippen LogP) is 3.32. The van der Waals surface area contributed by atoms with E-state index in [1.54, 1.807) is 0 Å². The maximum absolute atomic E-state index is 4.66. The Bertz CT molecular complexity index is 475. The average molecular weight is 200 g/mol. The number of fused-ring (bicyclic) bond motifs is 1. The Hall–Kier alpha value is -1.44. The van der Waals surface area contributed by atoms with Gasteiger partial charge in [0.15, 0.2) is 0 Å². The minimum absolute atomic E-state index is 0.108. The van der Waals surface area contributed by atoms with Crippen molar-refractivity contribution in [2.75, 3.05) is 0 Å². The summed E-state index contributed by atoms with van der Waals surface area (Å²) in [5, 5.41) is 0. The molecular weight excluding hydrogens is 184 g/mol. The van der Waals surface area contributed by atoms with E-state index in [0.717, 1.165) is 23.1 Å². The molecule has 2 aromatic rings. The highest BCUT2D eigenvalue weighted by Gasteiger charge is 2.20. The van der Waals surface area contributed by atoms with Gasteiger partial charge in [-0.15, -0.1) is 0 Å². The van der Waals surface area contributed by atoms with Crippen LogP contribution in [0.5, 0.6) is 0 Å². The van der Waals surface area contributed by atoms with Crippen LogP contribution >= 0.6 is 0 Å². The van der Waals surface area contributed by atoms with Gasteiger partial charge >= 0.3 is 0 Å². The Kier molecular flexibility index (Phi) is 2.43. The monoisotopic (exact) mass is 200 g/mol. The standard InChI is InChI=1S/C13H16N2/c1-4-13(2,3)12-9-14-10-7-5-6-8-11(10)15-12/h5-9H,4H2,1-3H3. The number of aromatic nitrogens is 2. The molecule has 0 radical (unpaired) electrons. The van der Waals surface area contributed by atoms with Crippen LogP contribution in [0, 0.1) is 0 Å². The van der Waals surface area contributed by atoms with Crippen molar-refractivity contribution in [1.29, 1.82) is 0 Å². The molecule has 0 aliphatic heterocycles. The molecule has 0 atom stereocenters.